The third-order valence-electron chi connectivity index (χ3n) is 3.74. The number of carbonyl (C=O) groups is 1. The number of amides is 1. The second-order valence-electron chi connectivity index (χ2n) is 5.49. The number of hydrogen-bond acceptors (Lipinski definition) is 4. The van der Waals surface area contributed by atoms with Crippen LogP contribution in [0.25, 0.3) is 0 Å². The van der Waals surface area contributed by atoms with Crippen molar-refractivity contribution in [2.24, 2.45) is 5.73 Å². The van der Waals surface area contributed by atoms with E-state index in [1.807, 2.05) is 7.05 Å². The van der Waals surface area contributed by atoms with Gasteiger partial charge in [-0.1, -0.05) is 12.2 Å². The maximum Gasteiger partial charge on any atom is 0.223 e. The maximum atomic E-state index is 11.9. The molecule has 6 heteroatoms. The highest BCUT2D eigenvalue weighted by Crippen LogP contribution is 2.13. The molecular weight excluding hydrogens is 260 g/mol. The molecule has 1 aliphatic rings. The van der Waals surface area contributed by atoms with Gasteiger partial charge in [0.2, 0.25) is 5.91 Å². The molecule has 5 nitrogen and oxygen atoms in total. The molecule has 1 heterocycles. The Morgan fingerprint density at radius 2 is 2.05 bits per heavy atom. The van der Waals surface area contributed by atoms with Gasteiger partial charge in [0.25, 0.3) is 0 Å². The Balaban J connectivity index is 2.21. The van der Waals surface area contributed by atoms with Crippen molar-refractivity contribution in [3.05, 3.63) is 0 Å². The molecule has 0 radical (unpaired) electrons. The molecule has 1 unspecified atom stereocenters. The van der Waals surface area contributed by atoms with Crippen molar-refractivity contribution in [1.82, 2.24) is 14.7 Å². The van der Waals surface area contributed by atoms with Crippen LogP contribution in [0.1, 0.15) is 19.3 Å². The molecule has 0 bridgehead atoms. The summed E-state index contributed by atoms with van der Waals surface area (Å²) < 4.78 is 0. The van der Waals surface area contributed by atoms with Crippen molar-refractivity contribution >= 4 is 23.1 Å². The van der Waals surface area contributed by atoms with Crippen molar-refractivity contribution in [1.29, 1.82) is 0 Å². The molecule has 1 rings (SSSR count). The average Bonchev–Trinajstić information content (AvgIpc) is 2.81. The summed E-state index contributed by atoms with van der Waals surface area (Å²) in [5, 5.41) is 0. The highest BCUT2D eigenvalue weighted by Gasteiger charge is 2.24. The minimum absolute atomic E-state index is 0.171. The van der Waals surface area contributed by atoms with E-state index in [-0.39, 0.29) is 5.91 Å². The number of likely N-dealkylation sites (tertiary alicyclic amines) is 1. The molecule has 1 aliphatic heterocycles. The molecule has 0 aromatic carbocycles. The van der Waals surface area contributed by atoms with Crippen molar-refractivity contribution < 1.29 is 4.79 Å². The summed E-state index contributed by atoms with van der Waals surface area (Å²) in [5.74, 6) is 0.171. The lowest BCUT2D eigenvalue weighted by Crippen LogP contribution is -2.35. The zero-order valence-electron chi connectivity index (χ0n) is 12.3. The summed E-state index contributed by atoms with van der Waals surface area (Å²) in [6.45, 7) is 3.62. The van der Waals surface area contributed by atoms with E-state index in [0.717, 1.165) is 19.6 Å². The van der Waals surface area contributed by atoms with Gasteiger partial charge in [-0.05, 0) is 27.1 Å². The number of nitrogens with zero attached hydrogens (tertiary/aromatic N) is 3. The summed E-state index contributed by atoms with van der Waals surface area (Å²) in [5.41, 5.74) is 5.44. The highest BCUT2D eigenvalue weighted by molar-refractivity contribution is 7.80. The number of thiocarbonyl (C=S) groups is 1. The van der Waals surface area contributed by atoms with Crippen molar-refractivity contribution in [3.63, 3.8) is 0 Å². The predicted molar refractivity (Wildman–Crippen MR) is 82.2 cm³/mol. The molecule has 19 heavy (non-hydrogen) atoms. The fourth-order valence-corrected chi connectivity index (χ4v) is 2.38. The zero-order chi connectivity index (χ0) is 14.4. The molecule has 0 spiro atoms. The van der Waals surface area contributed by atoms with Gasteiger partial charge in [-0.25, -0.2) is 0 Å². The Morgan fingerprint density at radius 3 is 2.58 bits per heavy atom. The van der Waals surface area contributed by atoms with E-state index in [4.69, 9.17) is 18.0 Å². The summed E-state index contributed by atoms with van der Waals surface area (Å²) >= 11 is 4.82. The number of nitrogens with two attached hydrogens (primary N) is 1. The van der Waals surface area contributed by atoms with Gasteiger partial charge in [-0.3, -0.25) is 4.79 Å². The molecule has 0 saturated carbocycles. The first-order chi connectivity index (χ1) is 8.90. The first kappa shape index (κ1) is 16.3. The quantitative estimate of drug-likeness (QED) is 0.675. The molecule has 0 aromatic rings. The van der Waals surface area contributed by atoms with Crippen LogP contribution < -0.4 is 5.73 Å². The molecule has 0 aliphatic carbocycles. The molecule has 1 amide bonds. The Bertz CT molecular complexity index is 322. The van der Waals surface area contributed by atoms with Gasteiger partial charge in [-0.15, -0.1) is 0 Å². The fourth-order valence-electron chi connectivity index (χ4n) is 2.28. The summed E-state index contributed by atoms with van der Waals surface area (Å²) in [6, 6.07) is 0.627. The highest BCUT2D eigenvalue weighted by atomic mass is 32.1. The van der Waals surface area contributed by atoms with Crippen LogP contribution in [0, 0.1) is 0 Å². The standard InChI is InChI=1S/C13H26N4OS/c1-15(2)11-4-8-17(10-11)9-6-13(18)16(3)7-5-12(14)19/h11H,4-10H2,1-3H3,(H2,14,19). The number of rotatable bonds is 7. The van der Waals surface area contributed by atoms with Crippen molar-refractivity contribution in [2.75, 3.05) is 47.3 Å². The zero-order valence-corrected chi connectivity index (χ0v) is 13.1. The van der Waals surface area contributed by atoms with Crippen LogP contribution in [0.15, 0.2) is 0 Å². The number of likely N-dealkylation sites (N-methyl/N-ethyl adjacent to an activating group) is 1. The molecule has 110 valence electrons. The second kappa shape index (κ2) is 7.77. The van der Waals surface area contributed by atoms with Gasteiger partial charge >= 0.3 is 0 Å². The van der Waals surface area contributed by atoms with E-state index in [2.05, 4.69) is 23.9 Å². The van der Waals surface area contributed by atoms with E-state index < -0.39 is 0 Å². The summed E-state index contributed by atoms with van der Waals surface area (Å²) in [7, 11) is 6.04. The van der Waals surface area contributed by atoms with Gasteiger partial charge < -0.3 is 20.4 Å². The SMILES string of the molecule is CN(CCC(N)=S)C(=O)CCN1CCC(N(C)C)C1. The monoisotopic (exact) mass is 286 g/mol. The lowest BCUT2D eigenvalue weighted by Gasteiger charge is -2.21. The number of carbonyl (C=O) groups excluding carboxylic acids is 1. The summed E-state index contributed by atoms with van der Waals surface area (Å²) in [6.07, 6.45) is 2.37. The van der Waals surface area contributed by atoms with E-state index in [1.54, 1.807) is 4.90 Å². The fraction of sp³-hybridized carbons (Fsp3) is 0.846. The lowest BCUT2D eigenvalue weighted by molar-refractivity contribution is -0.130. The molecule has 1 saturated heterocycles. The molecule has 1 atom stereocenters. The average molecular weight is 286 g/mol. The topological polar surface area (TPSA) is 52.8 Å². The van der Waals surface area contributed by atoms with E-state index >= 15 is 0 Å². The van der Waals surface area contributed by atoms with E-state index in [1.165, 1.54) is 6.42 Å². The third kappa shape index (κ3) is 5.84. The third-order valence-corrected chi connectivity index (χ3v) is 3.94. The van der Waals surface area contributed by atoms with Crippen molar-refractivity contribution in [2.45, 2.75) is 25.3 Å². The molecule has 2 N–H and O–H groups in total. The maximum absolute atomic E-state index is 11.9. The van der Waals surface area contributed by atoms with E-state index in [0.29, 0.717) is 30.4 Å². The Morgan fingerprint density at radius 1 is 1.37 bits per heavy atom. The van der Waals surface area contributed by atoms with Crippen molar-refractivity contribution in [3.8, 4) is 0 Å². The smallest absolute Gasteiger partial charge is 0.223 e. The number of hydrogen-bond donors (Lipinski definition) is 1. The molecular formula is C13H26N4OS. The second-order valence-corrected chi connectivity index (χ2v) is 6.01. The van der Waals surface area contributed by atoms with Gasteiger partial charge in [0, 0.05) is 45.6 Å². The van der Waals surface area contributed by atoms with Gasteiger partial charge in [0.05, 0.1) is 4.99 Å². The first-order valence-corrected chi connectivity index (χ1v) is 7.22. The van der Waals surface area contributed by atoms with Crippen LogP contribution in [0.3, 0.4) is 0 Å². The van der Waals surface area contributed by atoms with Crippen LogP contribution in [0.2, 0.25) is 0 Å². The first-order valence-electron chi connectivity index (χ1n) is 6.81. The normalized spacial score (nSPS) is 19.9. The summed E-state index contributed by atoms with van der Waals surface area (Å²) in [4.78, 5) is 18.7. The molecule has 0 aromatic heterocycles. The Labute approximate surface area is 121 Å². The Hall–Kier alpha value is -0.720. The van der Waals surface area contributed by atoms with Gasteiger partial charge in [0.1, 0.15) is 0 Å². The van der Waals surface area contributed by atoms with E-state index in [9.17, 15) is 4.79 Å². The minimum Gasteiger partial charge on any atom is -0.393 e. The van der Waals surface area contributed by atoms with Gasteiger partial charge in [0.15, 0.2) is 0 Å². The van der Waals surface area contributed by atoms with Crippen LogP contribution in [-0.2, 0) is 4.79 Å². The molecule has 1 fully saturated rings. The van der Waals surface area contributed by atoms with Crippen LogP contribution in [-0.4, -0.2) is 79.0 Å². The van der Waals surface area contributed by atoms with Crippen LogP contribution >= 0.6 is 12.2 Å². The predicted octanol–water partition coefficient (Wildman–Crippen LogP) is 0.147. The lowest BCUT2D eigenvalue weighted by atomic mass is 10.2. The minimum atomic E-state index is 0.171. The largest absolute Gasteiger partial charge is 0.393 e. The van der Waals surface area contributed by atoms with Crippen LogP contribution in [0.4, 0.5) is 0 Å². The van der Waals surface area contributed by atoms with Crippen LogP contribution in [0.5, 0.6) is 0 Å². The Kier molecular flexibility index (Phi) is 6.68. The van der Waals surface area contributed by atoms with Gasteiger partial charge in [-0.2, -0.15) is 0 Å².